The Balaban J connectivity index is 0.00000132. The summed E-state index contributed by atoms with van der Waals surface area (Å²) in [4.78, 5) is 0. The number of hydrogen-bond acceptors (Lipinski definition) is 0. The highest BCUT2D eigenvalue weighted by Crippen LogP contribution is 2.64. The van der Waals surface area contributed by atoms with E-state index >= 15 is 0 Å². The van der Waals surface area contributed by atoms with Crippen molar-refractivity contribution in [2.75, 3.05) is 12.3 Å². The van der Waals surface area contributed by atoms with Gasteiger partial charge < -0.3 is 17.0 Å². The lowest BCUT2D eigenvalue weighted by molar-refractivity contribution is -0.00000395. The van der Waals surface area contributed by atoms with Gasteiger partial charge in [0.1, 0.15) is 0 Å². The molecule has 0 saturated carbocycles. The van der Waals surface area contributed by atoms with Gasteiger partial charge >= 0.3 is 0 Å². The lowest BCUT2D eigenvalue weighted by Crippen LogP contribution is -3.00. The largest absolute Gasteiger partial charge is 1.00 e. The van der Waals surface area contributed by atoms with Gasteiger partial charge in [0.15, 0.2) is 0 Å². The molecule has 2 bridgehead atoms. The number of allylic oxidation sites excluding steroid dienone is 2. The van der Waals surface area contributed by atoms with Crippen molar-refractivity contribution < 1.29 is 17.0 Å². The van der Waals surface area contributed by atoms with Crippen LogP contribution in [0.5, 0.6) is 0 Å². The van der Waals surface area contributed by atoms with Crippen LogP contribution in [0.25, 0.3) is 0 Å². The van der Waals surface area contributed by atoms with Crippen LogP contribution in [0.3, 0.4) is 0 Å². The summed E-state index contributed by atoms with van der Waals surface area (Å²) in [5.74, 6) is 1.62. The molecule has 0 amide bonds. The number of fused-ring (bicyclic) bond motifs is 2. The molecular weight excluding hydrogens is 339 g/mol. The van der Waals surface area contributed by atoms with Gasteiger partial charge in [0.25, 0.3) is 0 Å². The Labute approximate surface area is 138 Å². The van der Waals surface area contributed by atoms with Gasteiger partial charge in [0.05, 0.1) is 30.2 Å². The van der Waals surface area contributed by atoms with E-state index in [9.17, 15) is 0 Å². The third-order valence-corrected chi connectivity index (χ3v) is 9.61. The monoisotopic (exact) mass is 358 g/mol. The predicted molar refractivity (Wildman–Crippen MR) is 89.5 cm³/mol. The van der Waals surface area contributed by atoms with Crippen LogP contribution in [0.4, 0.5) is 0 Å². The molecule has 2 aliphatic rings. The molecule has 0 aromatic heterocycles. The zero-order chi connectivity index (χ0) is 13.4. The van der Waals surface area contributed by atoms with Crippen LogP contribution in [0.15, 0.2) is 72.8 Å². The summed E-state index contributed by atoms with van der Waals surface area (Å²) in [6.45, 7) is 0. The molecule has 0 nitrogen and oxygen atoms in total. The lowest BCUT2D eigenvalue weighted by Gasteiger charge is -2.34. The number of hydrogen-bond donors (Lipinski definition) is 0. The summed E-state index contributed by atoms with van der Waals surface area (Å²) in [7, 11) is -1.21. The smallest absolute Gasteiger partial charge is 0.0992 e. The van der Waals surface area contributed by atoms with Crippen molar-refractivity contribution >= 4 is 17.9 Å². The highest BCUT2D eigenvalue weighted by atomic mass is 79.9. The SMILES string of the molecule is C1=C[C@H]2C[C@@H]1C[P+](c1ccccc1)(c1ccccc1)C2.[Br-]. The van der Waals surface area contributed by atoms with Gasteiger partial charge in [-0.3, -0.25) is 0 Å². The molecule has 1 heterocycles. The van der Waals surface area contributed by atoms with Crippen LogP contribution in [0, 0.1) is 11.8 Å². The average molecular weight is 359 g/mol. The second-order valence-corrected chi connectivity index (χ2v) is 9.84. The highest BCUT2D eigenvalue weighted by Gasteiger charge is 2.50. The summed E-state index contributed by atoms with van der Waals surface area (Å²) in [5, 5.41) is 3.20. The summed E-state index contributed by atoms with van der Waals surface area (Å²) >= 11 is 0. The van der Waals surface area contributed by atoms with E-state index in [0.717, 1.165) is 11.8 Å². The van der Waals surface area contributed by atoms with Crippen molar-refractivity contribution in [3.63, 3.8) is 0 Å². The Kier molecular flexibility index (Phi) is 4.33. The average Bonchev–Trinajstić information content (AvgIpc) is 2.88. The number of rotatable bonds is 2. The third kappa shape index (κ3) is 2.62. The molecule has 0 radical (unpaired) electrons. The molecule has 2 aromatic rings. The summed E-state index contributed by atoms with van der Waals surface area (Å²) < 4.78 is 0. The van der Waals surface area contributed by atoms with Gasteiger partial charge in [-0.2, -0.15) is 0 Å². The number of halogens is 1. The van der Waals surface area contributed by atoms with E-state index in [1.54, 1.807) is 10.6 Å². The molecule has 2 aromatic carbocycles. The van der Waals surface area contributed by atoms with E-state index in [2.05, 4.69) is 72.8 Å². The first-order valence-electron chi connectivity index (χ1n) is 7.53. The zero-order valence-corrected chi connectivity index (χ0v) is 14.5. The van der Waals surface area contributed by atoms with E-state index in [1.807, 2.05) is 0 Å². The summed E-state index contributed by atoms with van der Waals surface area (Å²) in [6, 6.07) is 22.6. The van der Waals surface area contributed by atoms with Crippen LogP contribution >= 0.6 is 7.26 Å². The van der Waals surface area contributed by atoms with Crippen LogP contribution < -0.4 is 27.6 Å². The predicted octanol–water partition coefficient (Wildman–Crippen LogP) is 0.865. The van der Waals surface area contributed by atoms with Gasteiger partial charge in [-0.25, -0.2) is 0 Å². The molecule has 2 atom stereocenters. The van der Waals surface area contributed by atoms with Crippen molar-refractivity contribution in [1.82, 2.24) is 0 Å². The van der Waals surface area contributed by atoms with Crippen molar-refractivity contribution in [1.29, 1.82) is 0 Å². The van der Waals surface area contributed by atoms with E-state index in [-0.39, 0.29) is 17.0 Å². The first-order chi connectivity index (χ1) is 9.87. The number of benzene rings is 2. The topological polar surface area (TPSA) is 0 Å². The molecule has 108 valence electrons. The molecule has 0 N–H and O–H groups in total. The van der Waals surface area contributed by atoms with Crippen LogP contribution in [0.1, 0.15) is 6.42 Å². The van der Waals surface area contributed by atoms with Crippen molar-refractivity contribution in [2.24, 2.45) is 11.8 Å². The van der Waals surface area contributed by atoms with E-state index in [1.165, 1.54) is 18.7 Å². The highest BCUT2D eigenvalue weighted by molar-refractivity contribution is 7.89. The molecule has 2 heteroatoms. The van der Waals surface area contributed by atoms with Gasteiger partial charge in [0, 0.05) is 11.8 Å². The molecule has 1 fully saturated rings. The first-order valence-corrected chi connectivity index (χ1v) is 9.69. The Morgan fingerprint density at radius 3 is 1.52 bits per heavy atom. The third-order valence-electron chi connectivity index (χ3n) is 4.85. The molecule has 1 aliphatic heterocycles. The van der Waals surface area contributed by atoms with E-state index < -0.39 is 7.26 Å². The van der Waals surface area contributed by atoms with E-state index in [4.69, 9.17) is 0 Å². The molecule has 4 rings (SSSR count). The van der Waals surface area contributed by atoms with Gasteiger partial charge in [0.2, 0.25) is 0 Å². The fourth-order valence-electron chi connectivity index (χ4n) is 4.00. The van der Waals surface area contributed by atoms with Crippen LogP contribution in [0.2, 0.25) is 0 Å². The fraction of sp³-hybridized carbons (Fsp3) is 0.263. The lowest BCUT2D eigenvalue weighted by atomic mass is 10.1. The van der Waals surface area contributed by atoms with Gasteiger partial charge in [-0.05, 0) is 30.7 Å². The molecule has 1 saturated heterocycles. The molecule has 0 unspecified atom stereocenters. The Hall–Kier alpha value is -0.910. The fourth-order valence-corrected chi connectivity index (χ4v) is 8.92. The van der Waals surface area contributed by atoms with Crippen molar-refractivity contribution in [2.45, 2.75) is 6.42 Å². The maximum absolute atomic E-state index is 2.48. The van der Waals surface area contributed by atoms with Gasteiger partial charge in [-0.1, -0.05) is 48.6 Å². The Bertz CT molecular complexity index is 565. The second-order valence-electron chi connectivity index (χ2n) is 6.14. The van der Waals surface area contributed by atoms with Crippen molar-refractivity contribution in [3.05, 3.63) is 72.8 Å². The quantitative estimate of drug-likeness (QED) is 0.552. The molecule has 0 spiro atoms. The summed E-state index contributed by atoms with van der Waals surface area (Å²) in [6.07, 6.45) is 9.10. The molecule has 1 aliphatic carbocycles. The zero-order valence-electron chi connectivity index (χ0n) is 12.0. The normalized spacial score (nSPS) is 25.3. The standard InChI is InChI=1S/C19H20P.BrH/c1-3-7-18(8-4-1)20(19-9-5-2-6-10-19)14-16-11-12-17(13-16)15-20;/h1-12,16-17H,13-15H2;1H/q+1;/p-1/t16-,17+;. The maximum atomic E-state index is 2.48. The van der Waals surface area contributed by atoms with E-state index in [0.29, 0.717) is 0 Å². The van der Waals surface area contributed by atoms with Crippen LogP contribution in [-0.2, 0) is 0 Å². The minimum absolute atomic E-state index is 0. The van der Waals surface area contributed by atoms with Crippen molar-refractivity contribution in [3.8, 4) is 0 Å². The van der Waals surface area contributed by atoms with Crippen LogP contribution in [-0.4, -0.2) is 12.3 Å². The Morgan fingerprint density at radius 2 is 1.10 bits per heavy atom. The summed E-state index contributed by atoms with van der Waals surface area (Å²) in [5.41, 5.74) is 0. The maximum Gasteiger partial charge on any atom is 0.0992 e. The van der Waals surface area contributed by atoms with Gasteiger partial charge in [-0.15, -0.1) is 0 Å². The second kappa shape index (κ2) is 6.07. The minimum atomic E-state index is -1.21. The molecular formula is C19H20BrP. The Morgan fingerprint density at radius 1 is 0.667 bits per heavy atom. The minimum Gasteiger partial charge on any atom is -1.00 e. The molecule has 21 heavy (non-hydrogen) atoms. The first kappa shape index (κ1) is 15.0.